The molecule has 94 valence electrons. The summed E-state index contributed by atoms with van der Waals surface area (Å²) in [6.45, 7) is 4.29. The lowest BCUT2D eigenvalue weighted by molar-refractivity contribution is 0.395. The third kappa shape index (κ3) is 2.22. The zero-order valence-electron chi connectivity index (χ0n) is 10.2. The van der Waals surface area contributed by atoms with Crippen LogP contribution in [-0.4, -0.2) is 25.4 Å². The number of aryl methyl sites for hydroxylation is 2. The lowest BCUT2D eigenvalue weighted by Crippen LogP contribution is -2.41. The summed E-state index contributed by atoms with van der Waals surface area (Å²) < 4.78 is 26.3. The van der Waals surface area contributed by atoms with E-state index in [-0.39, 0.29) is 6.17 Å². The minimum Gasteiger partial charge on any atom is -0.315 e. The summed E-state index contributed by atoms with van der Waals surface area (Å²) in [5.74, 6) is 0. The fourth-order valence-corrected chi connectivity index (χ4v) is 4.07. The molecule has 1 aromatic carbocycles. The molecule has 0 amide bonds. The average molecular weight is 254 g/mol. The Bertz CT molecular complexity index is 525. The molecule has 0 aromatic heterocycles. The molecule has 1 aliphatic heterocycles. The summed E-state index contributed by atoms with van der Waals surface area (Å²) in [7, 11) is -3.43. The third-order valence-electron chi connectivity index (χ3n) is 3.17. The van der Waals surface area contributed by atoms with Crippen LogP contribution in [0.5, 0.6) is 0 Å². The fraction of sp³-hybridized carbons (Fsp3) is 0.500. The molecular weight excluding hydrogens is 236 g/mol. The van der Waals surface area contributed by atoms with Crippen molar-refractivity contribution in [1.29, 1.82) is 0 Å². The van der Waals surface area contributed by atoms with E-state index < -0.39 is 10.0 Å². The van der Waals surface area contributed by atoms with Crippen LogP contribution in [0.3, 0.4) is 0 Å². The molecule has 17 heavy (non-hydrogen) atoms. The van der Waals surface area contributed by atoms with Crippen molar-refractivity contribution in [2.24, 2.45) is 5.73 Å². The first-order chi connectivity index (χ1) is 7.93. The molecule has 2 rings (SSSR count). The molecule has 5 heteroatoms. The van der Waals surface area contributed by atoms with E-state index in [9.17, 15) is 8.42 Å². The summed E-state index contributed by atoms with van der Waals surface area (Å²) in [5, 5.41) is 0. The van der Waals surface area contributed by atoms with E-state index >= 15 is 0 Å². The number of sulfonamides is 1. The second-order valence-electron chi connectivity index (χ2n) is 4.59. The minimum absolute atomic E-state index is 0.374. The first kappa shape index (κ1) is 12.5. The Hall–Kier alpha value is -0.910. The molecule has 0 spiro atoms. The Morgan fingerprint density at radius 1 is 1.35 bits per heavy atom. The van der Waals surface area contributed by atoms with Gasteiger partial charge in [0.25, 0.3) is 0 Å². The van der Waals surface area contributed by atoms with Gasteiger partial charge in [0.05, 0.1) is 11.1 Å². The summed E-state index contributed by atoms with van der Waals surface area (Å²) in [6.07, 6.45) is 1.20. The number of nitrogens with zero attached hydrogens (tertiary/aromatic N) is 1. The van der Waals surface area contributed by atoms with E-state index in [1.165, 1.54) is 4.31 Å². The summed E-state index contributed by atoms with van der Waals surface area (Å²) in [4.78, 5) is 0.375. The van der Waals surface area contributed by atoms with E-state index in [2.05, 4.69) is 0 Å². The standard InChI is InChI=1S/C12H18N2O2S/c1-9-5-6-11(10(2)8-9)17(15,16)14-7-3-4-12(14)13/h5-6,8,12H,3-4,7,13H2,1-2H3. The summed E-state index contributed by atoms with van der Waals surface area (Å²) in [6, 6.07) is 5.38. The van der Waals surface area contributed by atoms with Gasteiger partial charge >= 0.3 is 0 Å². The van der Waals surface area contributed by atoms with Crippen molar-refractivity contribution in [3.63, 3.8) is 0 Å². The topological polar surface area (TPSA) is 63.4 Å². The van der Waals surface area contributed by atoms with Gasteiger partial charge in [-0.15, -0.1) is 0 Å². The maximum Gasteiger partial charge on any atom is 0.244 e. The van der Waals surface area contributed by atoms with Crippen molar-refractivity contribution in [3.8, 4) is 0 Å². The van der Waals surface area contributed by atoms with Crippen molar-refractivity contribution in [3.05, 3.63) is 29.3 Å². The minimum atomic E-state index is -3.43. The average Bonchev–Trinajstić information content (AvgIpc) is 2.64. The Morgan fingerprint density at radius 3 is 2.59 bits per heavy atom. The quantitative estimate of drug-likeness (QED) is 0.867. The molecule has 4 nitrogen and oxygen atoms in total. The van der Waals surface area contributed by atoms with Crippen LogP contribution in [-0.2, 0) is 10.0 Å². The van der Waals surface area contributed by atoms with Gasteiger partial charge in [0.2, 0.25) is 10.0 Å². The Morgan fingerprint density at radius 2 is 2.06 bits per heavy atom. The van der Waals surface area contributed by atoms with Gasteiger partial charge in [0.1, 0.15) is 0 Å². The third-order valence-corrected chi connectivity index (χ3v) is 5.25. The molecular formula is C12H18N2O2S. The van der Waals surface area contributed by atoms with Gasteiger partial charge in [-0.1, -0.05) is 17.7 Å². The maximum absolute atomic E-state index is 12.4. The van der Waals surface area contributed by atoms with Crippen LogP contribution in [0.2, 0.25) is 0 Å². The highest BCUT2D eigenvalue weighted by Gasteiger charge is 2.33. The molecule has 1 atom stereocenters. The second kappa shape index (κ2) is 4.40. The van der Waals surface area contributed by atoms with E-state index in [0.717, 1.165) is 24.0 Å². The van der Waals surface area contributed by atoms with E-state index in [0.29, 0.717) is 11.4 Å². The Balaban J connectivity index is 2.44. The second-order valence-corrected chi connectivity index (χ2v) is 6.45. The zero-order valence-corrected chi connectivity index (χ0v) is 11.0. The van der Waals surface area contributed by atoms with Crippen molar-refractivity contribution in [1.82, 2.24) is 4.31 Å². The molecule has 1 aromatic rings. The summed E-state index contributed by atoms with van der Waals surface area (Å²) in [5.41, 5.74) is 7.67. The number of nitrogens with two attached hydrogens (primary N) is 1. The first-order valence-corrected chi connectivity index (χ1v) is 7.21. The lowest BCUT2D eigenvalue weighted by Gasteiger charge is -2.21. The maximum atomic E-state index is 12.4. The fourth-order valence-electron chi connectivity index (χ4n) is 2.28. The number of benzene rings is 1. The summed E-state index contributed by atoms with van der Waals surface area (Å²) >= 11 is 0. The van der Waals surface area contributed by atoms with Crippen LogP contribution in [0.4, 0.5) is 0 Å². The molecule has 1 saturated heterocycles. The zero-order chi connectivity index (χ0) is 12.6. The van der Waals surface area contributed by atoms with Crippen molar-refractivity contribution < 1.29 is 8.42 Å². The molecule has 1 fully saturated rings. The van der Waals surface area contributed by atoms with Crippen LogP contribution in [0.25, 0.3) is 0 Å². The highest BCUT2D eigenvalue weighted by Crippen LogP contribution is 2.26. The molecule has 1 unspecified atom stereocenters. The van der Waals surface area contributed by atoms with Gasteiger partial charge in [-0.25, -0.2) is 8.42 Å². The van der Waals surface area contributed by atoms with Gasteiger partial charge in [-0.3, -0.25) is 0 Å². The molecule has 1 aliphatic rings. The van der Waals surface area contributed by atoms with Crippen molar-refractivity contribution in [2.75, 3.05) is 6.54 Å². The molecule has 1 heterocycles. The van der Waals surface area contributed by atoms with Crippen LogP contribution in [0.15, 0.2) is 23.1 Å². The van der Waals surface area contributed by atoms with E-state index in [4.69, 9.17) is 5.73 Å². The molecule has 2 N–H and O–H groups in total. The van der Waals surface area contributed by atoms with Gasteiger partial charge in [-0.2, -0.15) is 4.31 Å². The highest BCUT2D eigenvalue weighted by atomic mass is 32.2. The SMILES string of the molecule is Cc1ccc(S(=O)(=O)N2CCCC2N)c(C)c1. The molecule has 0 bridgehead atoms. The van der Waals surface area contributed by atoms with Crippen LogP contribution < -0.4 is 5.73 Å². The molecule has 0 aliphatic carbocycles. The largest absolute Gasteiger partial charge is 0.315 e. The number of hydrogen-bond acceptors (Lipinski definition) is 3. The highest BCUT2D eigenvalue weighted by molar-refractivity contribution is 7.89. The van der Waals surface area contributed by atoms with E-state index in [1.54, 1.807) is 6.07 Å². The monoisotopic (exact) mass is 254 g/mol. The molecule has 0 radical (unpaired) electrons. The van der Waals surface area contributed by atoms with Crippen molar-refractivity contribution >= 4 is 10.0 Å². The van der Waals surface area contributed by atoms with Crippen LogP contribution in [0.1, 0.15) is 24.0 Å². The van der Waals surface area contributed by atoms with Crippen molar-refractivity contribution in [2.45, 2.75) is 37.8 Å². The number of hydrogen-bond donors (Lipinski definition) is 1. The lowest BCUT2D eigenvalue weighted by atomic mass is 10.2. The Labute approximate surface area is 102 Å². The predicted octanol–water partition coefficient (Wildman–Crippen LogP) is 1.37. The van der Waals surface area contributed by atoms with Gasteiger partial charge < -0.3 is 5.73 Å². The smallest absolute Gasteiger partial charge is 0.244 e. The van der Waals surface area contributed by atoms with Crippen LogP contribution in [0, 0.1) is 13.8 Å². The predicted molar refractivity (Wildman–Crippen MR) is 67.0 cm³/mol. The molecule has 0 saturated carbocycles. The van der Waals surface area contributed by atoms with E-state index in [1.807, 2.05) is 26.0 Å². The normalized spacial score (nSPS) is 21.9. The van der Waals surface area contributed by atoms with Crippen LogP contribution >= 0.6 is 0 Å². The van der Waals surface area contributed by atoms with Gasteiger partial charge in [0.15, 0.2) is 0 Å². The van der Waals surface area contributed by atoms with Gasteiger partial charge in [-0.05, 0) is 38.3 Å². The Kier molecular flexibility index (Phi) is 3.25. The number of rotatable bonds is 2. The first-order valence-electron chi connectivity index (χ1n) is 5.77. The van der Waals surface area contributed by atoms with Gasteiger partial charge in [0, 0.05) is 6.54 Å².